The molecule has 0 aliphatic heterocycles. The molecule has 3 nitrogen and oxygen atoms in total. The van der Waals surface area contributed by atoms with Crippen LogP contribution in [0.5, 0.6) is 0 Å². The van der Waals surface area contributed by atoms with E-state index in [0.717, 1.165) is 31.9 Å². The zero-order valence-corrected chi connectivity index (χ0v) is 12.8. The van der Waals surface area contributed by atoms with Gasteiger partial charge >= 0.3 is 0 Å². The fraction of sp³-hybridized carbons (Fsp3) is 0.600. The van der Waals surface area contributed by atoms with Crippen molar-refractivity contribution in [1.82, 2.24) is 0 Å². The Morgan fingerprint density at radius 1 is 1.30 bits per heavy atom. The van der Waals surface area contributed by atoms with Gasteiger partial charge in [-0.2, -0.15) is 0 Å². The van der Waals surface area contributed by atoms with Gasteiger partial charge in [0.1, 0.15) is 5.82 Å². The first kappa shape index (κ1) is 15.3. The van der Waals surface area contributed by atoms with Gasteiger partial charge in [0.25, 0.3) is 0 Å². The van der Waals surface area contributed by atoms with E-state index in [2.05, 4.69) is 6.07 Å². The van der Waals surface area contributed by atoms with E-state index < -0.39 is 10.0 Å². The van der Waals surface area contributed by atoms with Gasteiger partial charge in [-0.1, -0.05) is 19.3 Å². The predicted molar refractivity (Wildman–Crippen MR) is 78.9 cm³/mol. The molecule has 0 aromatic heterocycles. The Bertz CT molecular complexity index is 565. The van der Waals surface area contributed by atoms with E-state index in [9.17, 15) is 12.8 Å². The van der Waals surface area contributed by atoms with Crippen molar-refractivity contribution in [1.29, 1.82) is 0 Å². The number of nitrogens with zero attached hydrogens (tertiary/aromatic N) is 1. The second-order valence-corrected chi connectivity index (χ2v) is 7.27. The van der Waals surface area contributed by atoms with Gasteiger partial charge in [0, 0.05) is 12.1 Å². The van der Waals surface area contributed by atoms with Crippen LogP contribution >= 0.6 is 0 Å². The molecule has 0 saturated heterocycles. The molecule has 1 saturated carbocycles. The normalized spacial score (nSPS) is 17.1. The van der Waals surface area contributed by atoms with Crippen molar-refractivity contribution in [2.75, 3.05) is 17.1 Å². The van der Waals surface area contributed by atoms with Crippen LogP contribution in [0.4, 0.5) is 10.1 Å². The first-order chi connectivity index (χ1) is 9.45. The van der Waals surface area contributed by atoms with Gasteiger partial charge in [0.15, 0.2) is 0 Å². The summed E-state index contributed by atoms with van der Waals surface area (Å²) in [4.78, 5) is 0. The lowest BCUT2D eigenvalue weighted by Crippen LogP contribution is -2.31. The van der Waals surface area contributed by atoms with Crippen LogP contribution in [-0.2, 0) is 10.0 Å². The summed E-state index contributed by atoms with van der Waals surface area (Å²) in [5, 5.41) is 0. The minimum Gasteiger partial charge on any atom is -0.270 e. The van der Waals surface area contributed by atoms with Gasteiger partial charge < -0.3 is 0 Å². The monoisotopic (exact) mass is 298 g/mol. The van der Waals surface area contributed by atoms with Crippen LogP contribution in [-0.4, -0.2) is 21.2 Å². The van der Waals surface area contributed by atoms with Crippen molar-refractivity contribution in [3.63, 3.8) is 0 Å². The number of benzene rings is 1. The summed E-state index contributed by atoms with van der Waals surface area (Å²) < 4.78 is 39.3. The molecule has 0 heterocycles. The van der Waals surface area contributed by atoms with E-state index in [1.54, 1.807) is 13.0 Å². The van der Waals surface area contributed by atoms with E-state index in [0.29, 0.717) is 17.8 Å². The molecule has 1 aliphatic carbocycles. The summed E-state index contributed by atoms with van der Waals surface area (Å²) >= 11 is 0. The van der Waals surface area contributed by atoms with Crippen molar-refractivity contribution in [3.05, 3.63) is 29.6 Å². The number of rotatable bonds is 4. The maximum Gasteiger partial charge on any atom is 0.232 e. The third-order valence-electron chi connectivity index (χ3n) is 3.93. The summed E-state index contributed by atoms with van der Waals surface area (Å²) in [5.41, 5.74) is 1.01. The highest BCUT2D eigenvalue weighted by molar-refractivity contribution is 7.92. The van der Waals surface area contributed by atoms with Gasteiger partial charge in [-0.05, 0) is 43.9 Å². The molecule has 111 valence electrons. The van der Waals surface area contributed by atoms with Crippen LogP contribution in [0.3, 0.4) is 0 Å². The van der Waals surface area contributed by atoms with E-state index >= 15 is 0 Å². The van der Waals surface area contributed by atoms with Crippen LogP contribution in [0.15, 0.2) is 12.1 Å². The lowest BCUT2D eigenvalue weighted by Gasteiger charge is -2.29. The molecule has 1 aromatic carbocycles. The smallest absolute Gasteiger partial charge is 0.232 e. The minimum atomic E-state index is -3.40. The van der Waals surface area contributed by atoms with Crippen LogP contribution in [0.2, 0.25) is 0 Å². The predicted octanol–water partition coefficient (Wildman–Crippen LogP) is 3.46. The average Bonchev–Trinajstić information content (AvgIpc) is 2.39. The Kier molecular flexibility index (Phi) is 4.68. The Balaban J connectivity index is 2.50. The molecule has 5 heteroatoms. The van der Waals surface area contributed by atoms with Crippen molar-refractivity contribution in [2.45, 2.75) is 44.9 Å². The van der Waals surface area contributed by atoms with Crippen molar-refractivity contribution in [2.24, 2.45) is 0 Å². The molecule has 1 radical (unpaired) electrons. The first-order valence-electron chi connectivity index (χ1n) is 7.12. The minimum absolute atomic E-state index is 0.115. The molecule has 20 heavy (non-hydrogen) atoms. The van der Waals surface area contributed by atoms with Gasteiger partial charge in [-0.3, -0.25) is 4.31 Å². The second kappa shape index (κ2) is 6.12. The molecule has 1 aliphatic rings. The summed E-state index contributed by atoms with van der Waals surface area (Å²) in [5.74, 6) is -0.222. The van der Waals surface area contributed by atoms with Crippen LogP contribution < -0.4 is 4.31 Å². The summed E-state index contributed by atoms with van der Waals surface area (Å²) in [6.07, 6.45) is 6.34. The summed E-state index contributed by atoms with van der Waals surface area (Å²) in [6, 6.07) is 5.62. The van der Waals surface area contributed by atoms with Crippen LogP contribution in [0.1, 0.15) is 50.5 Å². The zero-order valence-electron chi connectivity index (χ0n) is 12.0. The highest BCUT2D eigenvalue weighted by atomic mass is 32.2. The van der Waals surface area contributed by atoms with Crippen molar-refractivity contribution in [3.8, 4) is 0 Å². The quantitative estimate of drug-likeness (QED) is 0.853. The molecule has 0 unspecified atom stereocenters. The standard InChI is InChI=1S/C15H21FNO2S/c1-3-17(20(2,18)19)14-11-7-10-13(16)15(14)12-8-5-4-6-9-12/h10-12H,3-6,8-9H2,1-2H3. The fourth-order valence-electron chi connectivity index (χ4n) is 3.06. The molecule has 2 rings (SSSR count). The highest BCUT2D eigenvalue weighted by Gasteiger charge is 2.26. The average molecular weight is 298 g/mol. The lowest BCUT2D eigenvalue weighted by atomic mass is 9.83. The lowest BCUT2D eigenvalue weighted by molar-refractivity contribution is 0.430. The van der Waals surface area contributed by atoms with E-state index in [4.69, 9.17) is 0 Å². The van der Waals surface area contributed by atoms with Crippen molar-refractivity contribution < 1.29 is 12.8 Å². The van der Waals surface area contributed by atoms with Gasteiger partial charge in [-0.15, -0.1) is 0 Å². The first-order valence-corrected chi connectivity index (χ1v) is 8.97. The van der Waals surface area contributed by atoms with E-state index in [1.165, 1.54) is 16.8 Å². The molecule has 1 fully saturated rings. The molecular formula is C15H21FNO2S. The largest absolute Gasteiger partial charge is 0.270 e. The molecule has 0 amide bonds. The zero-order chi connectivity index (χ0) is 14.8. The maximum absolute atomic E-state index is 14.3. The number of anilines is 1. The second-order valence-electron chi connectivity index (χ2n) is 5.36. The third kappa shape index (κ3) is 3.14. The number of hydrogen-bond acceptors (Lipinski definition) is 2. The maximum atomic E-state index is 14.3. The van der Waals surface area contributed by atoms with Gasteiger partial charge in [0.05, 0.1) is 11.9 Å². The number of halogens is 1. The summed E-state index contributed by atoms with van der Waals surface area (Å²) in [7, 11) is -3.40. The van der Waals surface area contributed by atoms with Gasteiger partial charge in [0.2, 0.25) is 10.0 Å². The van der Waals surface area contributed by atoms with Gasteiger partial charge in [-0.25, -0.2) is 12.8 Å². The molecule has 0 bridgehead atoms. The Morgan fingerprint density at radius 3 is 2.50 bits per heavy atom. The third-order valence-corrected chi connectivity index (χ3v) is 5.19. The molecule has 1 aromatic rings. The van der Waals surface area contributed by atoms with Crippen LogP contribution in [0.25, 0.3) is 0 Å². The Morgan fingerprint density at radius 2 is 1.95 bits per heavy atom. The number of sulfonamides is 1. The van der Waals surface area contributed by atoms with Crippen molar-refractivity contribution >= 4 is 15.7 Å². The SMILES string of the molecule is CCN(c1c[c]cc(F)c1C1CCCCC1)S(C)(=O)=O. The Hall–Kier alpha value is -1.10. The van der Waals surface area contributed by atoms with Crippen LogP contribution in [0, 0.1) is 11.9 Å². The van der Waals surface area contributed by atoms with E-state index in [1.807, 2.05) is 0 Å². The highest BCUT2D eigenvalue weighted by Crippen LogP contribution is 2.39. The molecule has 0 spiro atoms. The number of hydrogen-bond donors (Lipinski definition) is 0. The Labute approximate surface area is 120 Å². The summed E-state index contributed by atoms with van der Waals surface area (Å²) in [6.45, 7) is 2.06. The topological polar surface area (TPSA) is 37.4 Å². The molecular weight excluding hydrogens is 277 g/mol. The molecule has 0 N–H and O–H groups in total. The van der Waals surface area contributed by atoms with E-state index in [-0.39, 0.29) is 11.7 Å². The molecule has 0 atom stereocenters. The fourth-order valence-corrected chi connectivity index (χ4v) is 4.03.